The summed E-state index contributed by atoms with van der Waals surface area (Å²) in [5, 5.41) is 0. The topological polar surface area (TPSA) is 18.5 Å². The molecule has 98 valence electrons. The molecule has 0 fully saturated rings. The Morgan fingerprint density at radius 3 is 2.75 bits per heavy atom. The number of benzene rings is 2. The number of rotatable bonds is 2. The van der Waals surface area contributed by atoms with E-state index in [0.29, 0.717) is 6.79 Å². The van der Waals surface area contributed by atoms with Gasteiger partial charge in [0.15, 0.2) is 11.5 Å². The molecule has 1 heterocycles. The zero-order valence-electron chi connectivity index (χ0n) is 11.0. The third-order valence-electron chi connectivity index (χ3n) is 2.93. The van der Waals surface area contributed by atoms with Crippen LogP contribution in [0.3, 0.4) is 0 Å². The van der Waals surface area contributed by atoms with Crippen LogP contribution in [0.15, 0.2) is 54.6 Å². The minimum absolute atomic E-state index is 0.311. The van der Waals surface area contributed by atoms with Gasteiger partial charge in [-0.15, -0.1) is 0 Å². The van der Waals surface area contributed by atoms with Crippen molar-refractivity contribution in [3.05, 3.63) is 65.7 Å². The molecule has 0 amide bonds. The van der Waals surface area contributed by atoms with Crippen molar-refractivity contribution in [2.75, 3.05) is 6.79 Å². The molecule has 1 aliphatic rings. The summed E-state index contributed by atoms with van der Waals surface area (Å²) in [6.45, 7) is 0.311. The summed E-state index contributed by atoms with van der Waals surface area (Å²) < 4.78 is 10.6. The molecule has 1 aliphatic heterocycles. The van der Waals surface area contributed by atoms with Crippen LogP contribution in [0.4, 0.5) is 0 Å². The predicted octanol–water partition coefficient (Wildman–Crippen LogP) is 3.87. The predicted molar refractivity (Wildman–Crippen MR) is 79.5 cm³/mol. The van der Waals surface area contributed by atoms with Crippen LogP contribution in [0.2, 0.25) is 0 Å². The largest absolute Gasteiger partial charge is 0.454 e. The summed E-state index contributed by atoms with van der Waals surface area (Å²) in [4.78, 5) is 0. The van der Waals surface area contributed by atoms with Crippen LogP contribution < -0.4 is 9.47 Å². The van der Waals surface area contributed by atoms with Gasteiger partial charge in [0, 0.05) is 12.0 Å². The highest BCUT2D eigenvalue weighted by molar-refractivity contribution is 5.56. The molecule has 0 radical (unpaired) electrons. The number of allylic oxidation sites excluding steroid dienone is 1. The van der Waals surface area contributed by atoms with Crippen LogP contribution in [-0.4, -0.2) is 6.79 Å². The second-order valence-corrected chi connectivity index (χ2v) is 4.39. The Morgan fingerprint density at radius 1 is 1.00 bits per heavy atom. The first-order valence-electron chi connectivity index (χ1n) is 6.52. The van der Waals surface area contributed by atoms with E-state index in [1.165, 1.54) is 0 Å². The zero-order chi connectivity index (χ0) is 13.6. The first-order chi connectivity index (χ1) is 9.92. The smallest absolute Gasteiger partial charge is 0.231 e. The van der Waals surface area contributed by atoms with Gasteiger partial charge in [-0.25, -0.2) is 0 Å². The highest BCUT2D eigenvalue weighted by Crippen LogP contribution is 2.32. The molecule has 0 N–H and O–H groups in total. The van der Waals surface area contributed by atoms with Gasteiger partial charge in [0.05, 0.1) is 0 Å². The van der Waals surface area contributed by atoms with E-state index in [2.05, 4.69) is 11.8 Å². The van der Waals surface area contributed by atoms with Crippen LogP contribution in [0.5, 0.6) is 11.5 Å². The molecular formula is C18H14O2. The van der Waals surface area contributed by atoms with E-state index in [4.69, 9.17) is 9.47 Å². The standard InChI is InChI=1S/C18H14O2/c1-3-7-15(8-4-1)9-5-2-6-10-16-11-12-17-18(13-16)20-14-19-17/h1,3-4,6-8,10-13H,2,14H2/b10-6+. The summed E-state index contributed by atoms with van der Waals surface area (Å²) in [6, 6.07) is 15.9. The maximum Gasteiger partial charge on any atom is 0.231 e. The lowest BCUT2D eigenvalue weighted by Crippen LogP contribution is -1.92. The van der Waals surface area contributed by atoms with Gasteiger partial charge in [0.1, 0.15) is 0 Å². The fourth-order valence-corrected chi connectivity index (χ4v) is 1.95. The highest BCUT2D eigenvalue weighted by atomic mass is 16.7. The molecule has 2 aromatic rings. The maximum absolute atomic E-state index is 5.34. The molecule has 0 atom stereocenters. The van der Waals surface area contributed by atoms with Gasteiger partial charge in [-0.3, -0.25) is 0 Å². The maximum atomic E-state index is 5.34. The van der Waals surface area contributed by atoms with E-state index in [9.17, 15) is 0 Å². The van der Waals surface area contributed by atoms with Crippen LogP contribution in [0.1, 0.15) is 17.5 Å². The lowest BCUT2D eigenvalue weighted by molar-refractivity contribution is 0.174. The second-order valence-electron chi connectivity index (χ2n) is 4.39. The van der Waals surface area contributed by atoms with E-state index < -0.39 is 0 Å². The number of ether oxygens (including phenoxy) is 2. The lowest BCUT2D eigenvalue weighted by atomic mass is 10.1. The summed E-state index contributed by atoms with van der Waals surface area (Å²) >= 11 is 0. The molecule has 3 rings (SSSR count). The summed E-state index contributed by atoms with van der Waals surface area (Å²) in [6.07, 6.45) is 4.82. The number of hydrogen-bond acceptors (Lipinski definition) is 2. The van der Waals surface area contributed by atoms with E-state index in [0.717, 1.165) is 29.0 Å². The van der Waals surface area contributed by atoms with Crippen molar-refractivity contribution in [2.24, 2.45) is 0 Å². The summed E-state index contributed by atoms with van der Waals surface area (Å²) in [5.74, 6) is 7.88. The van der Waals surface area contributed by atoms with Gasteiger partial charge in [0.2, 0.25) is 6.79 Å². The van der Waals surface area contributed by atoms with Crippen molar-refractivity contribution in [1.29, 1.82) is 0 Å². The van der Waals surface area contributed by atoms with Crippen molar-refractivity contribution < 1.29 is 9.47 Å². The molecule has 2 heteroatoms. The quantitative estimate of drug-likeness (QED) is 0.765. The Hall–Kier alpha value is -2.66. The fraction of sp³-hybridized carbons (Fsp3) is 0.111. The van der Waals surface area contributed by atoms with Crippen LogP contribution in [0, 0.1) is 11.8 Å². The SMILES string of the molecule is C(#Cc1ccccc1)C/C=C/c1ccc2c(c1)OCO2. The van der Waals surface area contributed by atoms with Crippen LogP contribution in [-0.2, 0) is 0 Å². The highest BCUT2D eigenvalue weighted by Gasteiger charge is 2.11. The minimum atomic E-state index is 0.311. The van der Waals surface area contributed by atoms with E-state index in [-0.39, 0.29) is 0 Å². The molecule has 2 aromatic carbocycles. The van der Waals surface area contributed by atoms with Crippen molar-refractivity contribution in [3.8, 4) is 23.3 Å². The summed E-state index contributed by atoms with van der Waals surface area (Å²) in [5.41, 5.74) is 2.14. The van der Waals surface area contributed by atoms with Crippen molar-refractivity contribution in [2.45, 2.75) is 6.42 Å². The molecule has 2 nitrogen and oxygen atoms in total. The molecular weight excluding hydrogens is 248 g/mol. The Balaban J connectivity index is 1.60. The number of fused-ring (bicyclic) bond motifs is 1. The van der Waals surface area contributed by atoms with E-state index in [1.807, 2.05) is 60.7 Å². The van der Waals surface area contributed by atoms with Gasteiger partial charge in [-0.05, 0) is 29.8 Å². The Morgan fingerprint density at radius 2 is 1.85 bits per heavy atom. The van der Waals surface area contributed by atoms with Crippen LogP contribution >= 0.6 is 0 Å². The third kappa shape index (κ3) is 3.02. The van der Waals surface area contributed by atoms with Gasteiger partial charge >= 0.3 is 0 Å². The fourth-order valence-electron chi connectivity index (χ4n) is 1.95. The molecule has 0 unspecified atom stereocenters. The molecule has 0 aliphatic carbocycles. The molecule has 0 bridgehead atoms. The van der Waals surface area contributed by atoms with Gasteiger partial charge in [0.25, 0.3) is 0 Å². The molecule has 0 saturated heterocycles. The number of hydrogen-bond donors (Lipinski definition) is 0. The van der Waals surface area contributed by atoms with Crippen molar-refractivity contribution >= 4 is 6.08 Å². The van der Waals surface area contributed by atoms with Crippen molar-refractivity contribution in [1.82, 2.24) is 0 Å². The Bertz CT molecular complexity index is 676. The van der Waals surface area contributed by atoms with Gasteiger partial charge < -0.3 is 9.47 Å². The van der Waals surface area contributed by atoms with Crippen LogP contribution in [0.25, 0.3) is 6.08 Å². The normalized spacial score (nSPS) is 12.2. The summed E-state index contributed by atoms with van der Waals surface area (Å²) in [7, 11) is 0. The molecule has 0 aromatic heterocycles. The third-order valence-corrected chi connectivity index (χ3v) is 2.93. The minimum Gasteiger partial charge on any atom is -0.454 e. The first kappa shape index (κ1) is 12.4. The average molecular weight is 262 g/mol. The first-order valence-corrected chi connectivity index (χ1v) is 6.52. The Kier molecular flexibility index (Phi) is 3.71. The molecule has 0 spiro atoms. The average Bonchev–Trinajstić information content (AvgIpc) is 2.95. The van der Waals surface area contributed by atoms with Crippen molar-refractivity contribution in [3.63, 3.8) is 0 Å². The molecule has 0 saturated carbocycles. The second kappa shape index (κ2) is 5.99. The van der Waals surface area contributed by atoms with E-state index in [1.54, 1.807) is 0 Å². The monoisotopic (exact) mass is 262 g/mol. The molecule has 20 heavy (non-hydrogen) atoms. The van der Waals surface area contributed by atoms with E-state index >= 15 is 0 Å². The lowest BCUT2D eigenvalue weighted by Gasteiger charge is -1.96. The van der Waals surface area contributed by atoms with Gasteiger partial charge in [-0.1, -0.05) is 48.3 Å². The Labute approximate surface area is 118 Å². The zero-order valence-corrected chi connectivity index (χ0v) is 11.0. The van der Waals surface area contributed by atoms with Gasteiger partial charge in [-0.2, -0.15) is 0 Å².